The van der Waals surface area contributed by atoms with E-state index in [0.29, 0.717) is 12.5 Å². The smallest absolute Gasteiger partial charge is 0.226 e. The second-order valence-corrected chi connectivity index (χ2v) is 5.95. The van der Waals surface area contributed by atoms with E-state index < -0.39 is 0 Å². The number of likely N-dealkylation sites (tertiary alicyclic amines) is 1. The Morgan fingerprint density at radius 1 is 1.25 bits per heavy atom. The van der Waals surface area contributed by atoms with Crippen LogP contribution in [0.15, 0.2) is 24.3 Å². The average molecular weight is 272 g/mol. The molecule has 0 aromatic heterocycles. The van der Waals surface area contributed by atoms with Crippen LogP contribution in [0.4, 0.5) is 0 Å². The summed E-state index contributed by atoms with van der Waals surface area (Å²) in [6, 6.07) is 8.30. The Balaban J connectivity index is 1.85. The van der Waals surface area contributed by atoms with Crippen molar-refractivity contribution in [3.63, 3.8) is 0 Å². The Morgan fingerprint density at radius 2 is 1.90 bits per heavy atom. The highest BCUT2D eigenvalue weighted by atomic mass is 16.2. The van der Waals surface area contributed by atoms with Gasteiger partial charge in [0, 0.05) is 19.5 Å². The predicted octanol–water partition coefficient (Wildman–Crippen LogP) is 1.79. The standard InChI is InChI=1S/C16H20N2O2/c1-10-3-5-11(6-4-10)15-13(9-14(19)18(15)2)16(20)17-12-7-8-12/h3-6,12-13,15H,7-9H2,1-2H3,(H,17,20). The number of hydrogen-bond donors (Lipinski definition) is 1. The molecular weight excluding hydrogens is 252 g/mol. The number of nitrogens with zero attached hydrogens (tertiary/aromatic N) is 1. The summed E-state index contributed by atoms with van der Waals surface area (Å²) in [6.07, 6.45) is 2.45. The molecule has 2 atom stereocenters. The summed E-state index contributed by atoms with van der Waals surface area (Å²) < 4.78 is 0. The van der Waals surface area contributed by atoms with Gasteiger partial charge in [-0.15, -0.1) is 0 Å². The number of benzene rings is 1. The first-order chi connectivity index (χ1) is 9.56. The first-order valence-electron chi connectivity index (χ1n) is 7.19. The molecule has 0 spiro atoms. The molecule has 1 heterocycles. The van der Waals surface area contributed by atoms with Gasteiger partial charge in [0.05, 0.1) is 12.0 Å². The van der Waals surface area contributed by atoms with Crippen LogP contribution in [-0.4, -0.2) is 29.8 Å². The lowest BCUT2D eigenvalue weighted by Crippen LogP contribution is -2.35. The molecule has 0 radical (unpaired) electrons. The summed E-state index contributed by atoms with van der Waals surface area (Å²) in [5, 5.41) is 3.03. The van der Waals surface area contributed by atoms with Crippen molar-refractivity contribution in [3.05, 3.63) is 35.4 Å². The van der Waals surface area contributed by atoms with E-state index >= 15 is 0 Å². The highest BCUT2D eigenvalue weighted by molar-refractivity contribution is 5.90. The number of rotatable bonds is 3. The minimum atomic E-state index is -0.268. The second kappa shape index (κ2) is 4.93. The Morgan fingerprint density at radius 3 is 2.50 bits per heavy atom. The Labute approximate surface area is 119 Å². The van der Waals surface area contributed by atoms with Crippen LogP contribution in [0.1, 0.15) is 36.4 Å². The van der Waals surface area contributed by atoms with E-state index in [-0.39, 0.29) is 23.8 Å². The quantitative estimate of drug-likeness (QED) is 0.912. The van der Waals surface area contributed by atoms with Gasteiger partial charge in [0.2, 0.25) is 11.8 Å². The topological polar surface area (TPSA) is 49.4 Å². The number of carbonyl (C=O) groups is 2. The number of carbonyl (C=O) groups excluding carboxylic acids is 2. The molecule has 1 N–H and O–H groups in total. The molecule has 3 rings (SSSR count). The molecule has 20 heavy (non-hydrogen) atoms. The van der Waals surface area contributed by atoms with Crippen LogP contribution < -0.4 is 5.32 Å². The van der Waals surface area contributed by atoms with Crippen LogP contribution in [0.5, 0.6) is 0 Å². The van der Waals surface area contributed by atoms with Gasteiger partial charge < -0.3 is 10.2 Å². The van der Waals surface area contributed by atoms with Crippen molar-refractivity contribution >= 4 is 11.8 Å². The van der Waals surface area contributed by atoms with E-state index in [2.05, 4.69) is 5.32 Å². The third kappa shape index (κ3) is 2.42. The van der Waals surface area contributed by atoms with Crippen LogP contribution in [0.3, 0.4) is 0 Å². The maximum Gasteiger partial charge on any atom is 0.226 e. The number of nitrogens with one attached hydrogen (secondary N) is 1. The van der Waals surface area contributed by atoms with E-state index in [1.54, 1.807) is 11.9 Å². The van der Waals surface area contributed by atoms with Crippen molar-refractivity contribution in [1.82, 2.24) is 10.2 Å². The molecule has 1 aliphatic carbocycles. The third-order valence-electron chi connectivity index (χ3n) is 4.27. The van der Waals surface area contributed by atoms with Crippen molar-refractivity contribution in [2.45, 2.75) is 38.3 Å². The number of amides is 2. The summed E-state index contributed by atoms with van der Waals surface area (Å²) in [5.41, 5.74) is 2.22. The molecule has 1 saturated carbocycles. The molecule has 1 aliphatic heterocycles. The van der Waals surface area contributed by atoms with Gasteiger partial charge in [0.15, 0.2) is 0 Å². The molecule has 106 valence electrons. The average Bonchev–Trinajstić information content (AvgIpc) is 3.18. The van der Waals surface area contributed by atoms with Gasteiger partial charge in [-0.25, -0.2) is 0 Å². The van der Waals surface area contributed by atoms with Crippen molar-refractivity contribution in [2.75, 3.05) is 7.05 Å². The van der Waals surface area contributed by atoms with Crippen molar-refractivity contribution in [3.8, 4) is 0 Å². The van der Waals surface area contributed by atoms with Gasteiger partial charge in [0.1, 0.15) is 0 Å². The zero-order valence-corrected chi connectivity index (χ0v) is 11.9. The third-order valence-corrected chi connectivity index (χ3v) is 4.27. The Bertz CT molecular complexity index is 534. The Kier molecular flexibility index (Phi) is 3.24. The Hall–Kier alpha value is -1.84. The molecule has 1 saturated heterocycles. The fourth-order valence-corrected chi connectivity index (χ4v) is 2.86. The predicted molar refractivity (Wildman–Crippen MR) is 76.0 cm³/mol. The van der Waals surface area contributed by atoms with Gasteiger partial charge in [-0.05, 0) is 25.3 Å². The molecular formula is C16H20N2O2. The molecule has 2 fully saturated rings. The summed E-state index contributed by atoms with van der Waals surface area (Å²) in [5.74, 6) is -0.196. The fraction of sp³-hybridized carbons (Fsp3) is 0.500. The van der Waals surface area contributed by atoms with E-state index in [0.717, 1.165) is 18.4 Å². The minimum Gasteiger partial charge on any atom is -0.353 e. The number of aryl methyl sites for hydroxylation is 1. The lowest BCUT2D eigenvalue weighted by molar-refractivity contribution is -0.128. The summed E-state index contributed by atoms with van der Waals surface area (Å²) in [4.78, 5) is 26.0. The first-order valence-corrected chi connectivity index (χ1v) is 7.19. The first kappa shape index (κ1) is 13.2. The lowest BCUT2D eigenvalue weighted by Gasteiger charge is -2.25. The summed E-state index contributed by atoms with van der Waals surface area (Å²) >= 11 is 0. The molecule has 1 aromatic carbocycles. The van der Waals surface area contributed by atoms with Gasteiger partial charge in [-0.2, -0.15) is 0 Å². The monoisotopic (exact) mass is 272 g/mol. The highest BCUT2D eigenvalue weighted by Crippen LogP contribution is 2.37. The van der Waals surface area contributed by atoms with Crippen molar-refractivity contribution in [1.29, 1.82) is 0 Å². The van der Waals surface area contributed by atoms with Crippen molar-refractivity contribution < 1.29 is 9.59 Å². The molecule has 2 unspecified atom stereocenters. The molecule has 1 aromatic rings. The number of hydrogen-bond acceptors (Lipinski definition) is 2. The van der Waals surface area contributed by atoms with Crippen LogP contribution in [0.25, 0.3) is 0 Å². The summed E-state index contributed by atoms with van der Waals surface area (Å²) in [7, 11) is 1.79. The van der Waals surface area contributed by atoms with Gasteiger partial charge in [-0.1, -0.05) is 29.8 Å². The SMILES string of the molecule is Cc1ccc(C2C(C(=O)NC3CC3)CC(=O)N2C)cc1. The van der Waals surface area contributed by atoms with Crippen LogP contribution in [-0.2, 0) is 9.59 Å². The molecule has 2 amide bonds. The molecule has 0 bridgehead atoms. The van der Waals surface area contributed by atoms with Gasteiger partial charge in [0.25, 0.3) is 0 Å². The molecule has 4 nitrogen and oxygen atoms in total. The largest absolute Gasteiger partial charge is 0.353 e. The second-order valence-electron chi connectivity index (χ2n) is 5.95. The molecule has 4 heteroatoms. The normalized spacial score (nSPS) is 25.9. The zero-order valence-electron chi connectivity index (χ0n) is 11.9. The maximum absolute atomic E-state index is 12.3. The minimum absolute atomic E-state index is 0.0239. The van der Waals surface area contributed by atoms with E-state index in [4.69, 9.17) is 0 Å². The fourth-order valence-electron chi connectivity index (χ4n) is 2.86. The molecule has 2 aliphatic rings. The van der Waals surface area contributed by atoms with Crippen LogP contribution >= 0.6 is 0 Å². The van der Waals surface area contributed by atoms with Crippen molar-refractivity contribution in [2.24, 2.45) is 5.92 Å². The van der Waals surface area contributed by atoms with Crippen LogP contribution in [0.2, 0.25) is 0 Å². The van der Waals surface area contributed by atoms with Gasteiger partial charge in [-0.3, -0.25) is 9.59 Å². The van der Waals surface area contributed by atoms with Crippen LogP contribution in [0, 0.1) is 12.8 Å². The van der Waals surface area contributed by atoms with E-state index in [1.165, 1.54) is 5.56 Å². The van der Waals surface area contributed by atoms with E-state index in [9.17, 15) is 9.59 Å². The zero-order chi connectivity index (χ0) is 14.3. The van der Waals surface area contributed by atoms with E-state index in [1.807, 2.05) is 31.2 Å². The maximum atomic E-state index is 12.3. The van der Waals surface area contributed by atoms with Gasteiger partial charge >= 0.3 is 0 Å². The summed E-state index contributed by atoms with van der Waals surface area (Å²) in [6.45, 7) is 2.03. The lowest BCUT2D eigenvalue weighted by atomic mass is 9.92. The highest BCUT2D eigenvalue weighted by Gasteiger charge is 2.43.